The third-order valence-electron chi connectivity index (χ3n) is 5.27. The lowest BCUT2D eigenvalue weighted by Gasteiger charge is -2.36. The Labute approximate surface area is 181 Å². The summed E-state index contributed by atoms with van der Waals surface area (Å²) in [7, 11) is 0.629. The normalized spacial score (nSPS) is 14.7. The summed E-state index contributed by atoms with van der Waals surface area (Å²) in [5.41, 5.74) is 2.79. The maximum atomic E-state index is 13.0. The Kier molecular flexibility index (Phi) is 5.48. The van der Waals surface area contributed by atoms with Crippen LogP contribution in [0.2, 0.25) is 0 Å². The lowest BCUT2D eigenvalue weighted by molar-refractivity contribution is 0.0741. The number of hydrogen-bond acceptors (Lipinski definition) is 6. The minimum Gasteiger partial charge on any atom is -0.375 e. The highest BCUT2D eigenvalue weighted by molar-refractivity contribution is 7.92. The number of H-pyrrole nitrogens is 1. The largest absolute Gasteiger partial charge is 0.375 e. The van der Waals surface area contributed by atoms with Crippen molar-refractivity contribution in [2.45, 2.75) is 0 Å². The van der Waals surface area contributed by atoms with Crippen LogP contribution in [0.25, 0.3) is 10.9 Å². The van der Waals surface area contributed by atoms with Crippen molar-refractivity contribution in [3.63, 3.8) is 0 Å². The number of carbonyl (C=O) groups is 1. The van der Waals surface area contributed by atoms with Gasteiger partial charge in [0.1, 0.15) is 5.69 Å². The van der Waals surface area contributed by atoms with Crippen molar-refractivity contribution in [1.82, 2.24) is 14.9 Å². The van der Waals surface area contributed by atoms with Crippen LogP contribution >= 0.6 is 0 Å². The highest BCUT2D eigenvalue weighted by Crippen LogP contribution is 2.26. The molecule has 2 aromatic heterocycles. The summed E-state index contributed by atoms with van der Waals surface area (Å²) in [4.78, 5) is 26.8. The number of amides is 1. The number of carbonyl (C=O) groups excluding carboxylic acids is 1. The van der Waals surface area contributed by atoms with E-state index in [1.807, 2.05) is 36.0 Å². The molecule has 0 saturated carbocycles. The molecule has 0 radical (unpaired) electrons. The van der Waals surface area contributed by atoms with E-state index in [9.17, 15) is 13.2 Å². The number of aromatic nitrogens is 2. The number of sulfonamides is 1. The molecule has 4 rings (SSSR count). The van der Waals surface area contributed by atoms with Crippen LogP contribution in [-0.4, -0.2) is 75.7 Å². The maximum absolute atomic E-state index is 13.0. The number of aromatic amines is 1. The van der Waals surface area contributed by atoms with Gasteiger partial charge in [-0.1, -0.05) is 0 Å². The molecule has 1 saturated heterocycles. The predicted molar refractivity (Wildman–Crippen MR) is 123 cm³/mol. The molecule has 10 heteroatoms. The third kappa shape index (κ3) is 4.58. The van der Waals surface area contributed by atoms with Gasteiger partial charge in [-0.3, -0.25) is 9.52 Å². The molecule has 0 spiro atoms. The van der Waals surface area contributed by atoms with Crippen molar-refractivity contribution in [2.24, 2.45) is 0 Å². The van der Waals surface area contributed by atoms with Crippen molar-refractivity contribution >= 4 is 44.0 Å². The van der Waals surface area contributed by atoms with Crippen molar-refractivity contribution < 1.29 is 13.2 Å². The quantitative estimate of drug-likeness (QED) is 0.626. The van der Waals surface area contributed by atoms with Crippen molar-refractivity contribution in [3.8, 4) is 0 Å². The van der Waals surface area contributed by atoms with Crippen LogP contribution < -0.4 is 14.5 Å². The molecular weight excluding hydrogens is 416 g/mol. The Morgan fingerprint density at radius 3 is 2.55 bits per heavy atom. The second kappa shape index (κ2) is 8.10. The summed E-state index contributed by atoms with van der Waals surface area (Å²) in [6.07, 6.45) is 2.90. The lowest BCUT2D eigenvalue weighted by atomic mass is 10.2. The van der Waals surface area contributed by atoms with Gasteiger partial charge in [0.25, 0.3) is 5.91 Å². The molecular formula is C21H26N6O3S. The molecule has 164 valence electrons. The van der Waals surface area contributed by atoms with E-state index in [1.54, 1.807) is 30.5 Å². The molecule has 0 aliphatic carbocycles. The molecule has 2 N–H and O–H groups in total. The summed E-state index contributed by atoms with van der Waals surface area (Å²) in [6, 6.07) is 10.9. The zero-order chi connectivity index (χ0) is 22.2. The van der Waals surface area contributed by atoms with E-state index >= 15 is 0 Å². The standard InChI is InChI=1S/C21H26N6O3S/c1-25(2)19-5-4-8-22-20(19)26-9-11-27(12-10-26)21(28)18-14-15-13-16(24-31(3,29)30)6-7-17(15)23-18/h4-8,13-14,23-24H,9-12H2,1-3H3. The number of nitrogens with one attached hydrogen (secondary N) is 2. The zero-order valence-corrected chi connectivity index (χ0v) is 18.6. The van der Waals surface area contributed by atoms with Gasteiger partial charge in [-0.05, 0) is 36.4 Å². The minimum absolute atomic E-state index is 0.0673. The van der Waals surface area contributed by atoms with Gasteiger partial charge in [-0.15, -0.1) is 0 Å². The maximum Gasteiger partial charge on any atom is 0.270 e. The number of nitrogens with zero attached hydrogens (tertiary/aromatic N) is 4. The molecule has 1 fully saturated rings. The van der Waals surface area contributed by atoms with E-state index in [0.717, 1.165) is 28.7 Å². The first kappa shape index (κ1) is 21.0. The number of rotatable bonds is 5. The first-order valence-electron chi connectivity index (χ1n) is 9.98. The van der Waals surface area contributed by atoms with Gasteiger partial charge in [-0.25, -0.2) is 13.4 Å². The van der Waals surface area contributed by atoms with Crippen molar-refractivity contribution in [2.75, 3.05) is 61.1 Å². The Morgan fingerprint density at radius 2 is 1.87 bits per heavy atom. The van der Waals surface area contributed by atoms with E-state index in [-0.39, 0.29) is 5.91 Å². The van der Waals surface area contributed by atoms with E-state index in [0.29, 0.717) is 37.6 Å². The summed E-state index contributed by atoms with van der Waals surface area (Å²) in [6.45, 7) is 2.59. The number of fused-ring (bicyclic) bond motifs is 1. The smallest absolute Gasteiger partial charge is 0.270 e. The van der Waals surface area contributed by atoms with Gasteiger partial charge < -0.3 is 19.7 Å². The molecule has 0 bridgehead atoms. The Balaban J connectivity index is 1.47. The Hall–Kier alpha value is -3.27. The molecule has 0 atom stereocenters. The molecule has 0 unspecified atom stereocenters. The third-order valence-corrected chi connectivity index (χ3v) is 5.88. The molecule has 9 nitrogen and oxygen atoms in total. The highest BCUT2D eigenvalue weighted by atomic mass is 32.2. The van der Waals surface area contributed by atoms with E-state index < -0.39 is 10.0 Å². The van der Waals surface area contributed by atoms with Crippen LogP contribution in [0.1, 0.15) is 10.5 Å². The summed E-state index contributed by atoms with van der Waals surface area (Å²) in [5, 5.41) is 0.778. The SMILES string of the molecule is CN(C)c1cccnc1N1CCN(C(=O)c2cc3cc(NS(C)(=O)=O)ccc3[nH]2)CC1. The van der Waals surface area contributed by atoms with E-state index in [2.05, 4.69) is 19.6 Å². The fourth-order valence-corrected chi connectivity index (χ4v) is 4.35. The molecule has 31 heavy (non-hydrogen) atoms. The molecule has 1 aliphatic heterocycles. The highest BCUT2D eigenvalue weighted by Gasteiger charge is 2.25. The first-order chi connectivity index (χ1) is 14.7. The average Bonchev–Trinajstić information content (AvgIpc) is 3.15. The van der Waals surface area contributed by atoms with E-state index in [4.69, 9.17) is 0 Å². The number of anilines is 3. The second-order valence-electron chi connectivity index (χ2n) is 7.88. The summed E-state index contributed by atoms with van der Waals surface area (Å²) < 4.78 is 25.4. The first-order valence-corrected chi connectivity index (χ1v) is 11.9. The number of benzene rings is 1. The summed E-state index contributed by atoms with van der Waals surface area (Å²) in [5.74, 6) is 0.860. The van der Waals surface area contributed by atoms with Crippen LogP contribution in [0.4, 0.5) is 17.2 Å². The molecule has 1 aliphatic rings. The molecule has 1 amide bonds. The monoisotopic (exact) mass is 442 g/mol. The average molecular weight is 443 g/mol. The van der Waals surface area contributed by atoms with Crippen molar-refractivity contribution in [1.29, 1.82) is 0 Å². The van der Waals surface area contributed by atoms with Gasteiger partial charge in [0, 0.05) is 63.1 Å². The van der Waals surface area contributed by atoms with Gasteiger partial charge in [-0.2, -0.15) is 0 Å². The van der Waals surface area contributed by atoms with Crippen LogP contribution in [0, 0.1) is 0 Å². The molecule has 3 aromatic rings. The number of hydrogen-bond donors (Lipinski definition) is 2. The second-order valence-corrected chi connectivity index (χ2v) is 9.63. The topological polar surface area (TPSA) is 102 Å². The minimum atomic E-state index is -3.36. The predicted octanol–water partition coefficient (Wildman–Crippen LogP) is 1.96. The van der Waals surface area contributed by atoms with Crippen LogP contribution in [-0.2, 0) is 10.0 Å². The van der Waals surface area contributed by atoms with Crippen LogP contribution in [0.5, 0.6) is 0 Å². The van der Waals surface area contributed by atoms with Gasteiger partial charge in [0.05, 0.1) is 11.9 Å². The number of piperazine rings is 1. The fourth-order valence-electron chi connectivity index (χ4n) is 3.80. The Bertz CT molecular complexity index is 1210. The van der Waals surface area contributed by atoms with Crippen molar-refractivity contribution in [3.05, 3.63) is 48.3 Å². The summed E-state index contributed by atoms with van der Waals surface area (Å²) >= 11 is 0. The Morgan fingerprint density at radius 1 is 1.13 bits per heavy atom. The fraction of sp³-hybridized carbons (Fsp3) is 0.333. The molecule has 1 aromatic carbocycles. The zero-order valence-electron chi connectivity index (χ0n) is 17.8. The molecule has 3 heterocycles. The van der Waals surface area contributed by atoms with E-state index in [1.165, 1.54) is 0 Å². The van der Waals surface area contributed by atoms with Gasteiger partial charge in [0.15, 0.2) is 5.82 Å². The van der Waals surface area contributed by atoms with Gasteiger partial charge in [0.2, 0.25) is 10.0 Å². The lowest BCUT2D eigenvalue weighted by Crippen LogP contribution is -2.49. The van der Waals surface area contributed by atoms with Crippen LogP contribution in [0.15, 0.2) is 42.6 Å². The van der Waals surface area contributed by atoms with Crippen LogP contribution in [0.3, 0.4) is 0 Å². The number of pyridine rings is 1. The van der Waals surface area contributed by atoms with Gasteiger partial charge >= 0.3 is 0 Å².